The molecule has 0 bridgehead atoms. The van der Waals surface area contributed by atoms with E-state index < -0.39 is 5.91 Å². The highest BCUT2D eigenvalue weighted by Gasteiger charge is 2.07. The molecule has 4 nitrogen and oxygen atoms in total. The number of rotatable bonds is 2. The zero-order valence-corrected chi connectivity index (χ0v) is 10.4. The number of carbonyl (C=O) groups is 1. The maximum absolute atomic E-state index is 10.9. The van der Waals surface area contributed by atoms with Gasteiger partial charge >= 0.3 is 0 Å². The summed E-state index contributed by atoms with van der Waals surface area (Å²) in [5.74, 6) is -0.505. The fourth-order valence-electron chi connectivity index (χ4n) is 1.28. The average molecular weight is 301 g/mol. The van der Waals surface area contributed by atoms with E-state index in [0.29, 0.717) is 16.3 Å². The lowest BCUT2D eigenvalue weighted by Crippen LogP contribution is -2.11. The van der Waals surface area contributed by atoms with Crippen molar-refractivity contribution in [1.29, 1.82) is 0 Å². The van der Waals surface area contributed by atoms with Crippen LogP contribution in [0.5, 0.6) is 0 Å². The van der Waals surface area contributed by atoms with Crippen LogP contribution in [-0.4, -0.2) is 15.7 Å². The molecule has 1 aromatic carbocycles. The van der Waals surface area contributed by atoms with E-state index in [9.17, 15) is 4.79 Å². The fraction of sp³-hybridized carbons (Fsp3) is 0. The minimum atomic E-state index is -0.505. The molecule has 0 aliphatic heterocycles. The van der Waals surface area contributed by atoms with Crippen LogP contribution in [0.2, 0.25) is 5.02 Å². The van der Waals surface area contributed by atoms with E-state index in [0.717, 1.165) is 4.47 Å². The van der Waals surface area contributed by atoms with Crippen molar-refractivity contribution in [2.75, 3.05) is 0 Å². The Labute approximate surface area is 105 Å². The van der Waals surface area contributed by atoms with Gasteiger partial charge in [-0.3, -0.25) is 4.79 Å². The second-order valence-electron chi connectivity index (χ2n) is 3.13. The van der Waals surface area contributed by atoms with E-state index >= 15 is 0 Å². The van der Waals surface area contributed by atoms with Crippen molar-refractivity contribution >= 4 is 33.4 Å². The number of benzene rings is 1. The molecule has 82 valence electrons. The van der Waals surface area contributed by atoms with Gasteiger partial charge in [0.15, 0.2) is 0 Å². The number of nitrogens with two attached hydrogens (primary N) is 1. The van der Waals surface area contributed by atoms with Crippen LogP contribution < -0.4 is 5.73 Å². The number of amides is 1. The Balaban J connectivity index is 2.47. The van der Waals surface area contributed by atoms with E-state index in [2.05, 4.69) is 21.0 Å². The number of aromatic nitrogens is 2. The molecule has 0 aliphatic rings. The summed E-state index contributed by atoms with van der Waals surface area (Å²) in [6.45, 7) is 0. The van der Waals surface area contributed by atoms with Crippen LogP contribution in [0.25, 0.3) is 5.69 Å². The van der Waals surface area contributed by atoms with Crippen LogP contribution in [0.4, 0.5) is 0 Å². The number of halogens is 2. The van der Waals surface area contributed by atoms with E-state index in [1.807, 2.05) is 0 Å². The van der Waals surface area contributed by atoms with Crippen molar-refractivity contribution in [3.05, 3.63) is 45.7 Å². The minimum Gasteiger partial charge on any atom is -0.366 e. The van der Waals surface area contributed by atoms with Crippen molar-refractivity contribution in [3.8, 4) is 5.69 Å². The van der Waals surface area contributed by atoms with Crippen molar-refractivity contribution in [1.82, 2.24) is 9.78 Å². The number of hydrogen-bond acceptors (Lipinski definition) is 2. The van der Waals surface area contributed by atoms with Crippen molar-refractivity contribution in [3.63, 3.8) is 0 Å². The highest BCUT2D eigenvalue weighted by atomic mass is 79.9. The summed E-state index contributed by atoms with van der Waals surface area (Å²) in [6.07, 6.45) is 3.42. The highest BCUT2D eigenvalue weighted by molar-refractivity contribution is 9.10. The third-order valence-corrected chi connectivity index (χ3v) is 2.74. The maximum Gasteiger partial charge on any atom is 0.248 e. The van der Waals surface area contributed by atoms with Gasteiger partial charge < -0.3 is 5.73 Å². The van der Waals surface area contributed by atoms with Crippen LogP contribution in [0.3, 0.4) is 0 Å². The topological polar surface area (TPSA) is 60.9 Å². The van der Waals surface area contributed by atoms with Gasteiger partial charge in [-0.05, 0) is 34.1 Å². The molecule has 0 spiro atoms. The first-order chi connectivity index (χ1) is 7.58. The van der Waals surface area contributed by atoms with Crippen LogP contribution >= 0.6 is 27.5 Å². The zero-order valence-electron chi connectivity index (χ0n) is 8.02. The highest BCUT2D eigenvalue weighted by Crippen LogP contribution is 2.22. The van der Waals surface area contributed by atoms with Crippen LogP contribution in [0.15, 0.2) is 35.1 Å². The Morgan fingerprint density at radius 1 is 1.50 bits per heavy atom. The van der Waals surface area contributed by atoms with Crippen molar-refractivity contribution in [2.24, 2.45) is 5.73 Å². The molecule has 2 aromatic rings. The normalized spacial score (nSPS) is 10.4. The van der Waals surface area contributed by atoms with E-state index in [4.69, 9.17) is 17.3 Å². The average Bonchev–Trinajstić information content (AvgIpc) is 2.64. The summed E-state index contributed by atoms with van der Waals surface area (Å²) < 4.78 is 2.46. The van der Waals surface area contributed by atoms with Gasteiger partial charge in [0.05, 0.1) is 21.4 Å². The first kappa shape index (κ1) is 11.2. The standard InChI is InChI=1S/C10H7BrClN3O/c11-7-4-14-15(5-7)9-2-1-6(10(13)16)3-8(9)12/h1-5H,(H2,13,16). The van der Waals surface area contributed by atoms with Crippen molar-refractivity contribution in [2.45, 2.75) is 0 Å². The lowest BCUT2D eigenvalue weighted by molar-refractivity contribution is 0.100. The molecule has 0 unspecified atom stereocenters. The van der Waals surface area contributed by atoms with Gasteiger partial charge in [0, 0.05) is 11.8 Å². The predicted molar refractivity (Wildman–Crippen MR) is 64.8 cm³/mol. The monoisotopic (exact) mass is 299 g/mol. The Kier molecular flexibility index (Phi) is 2.98. The summed E-state index contributed by atoms with van der Waals surface area (Å²) in [5, 5.41) is 4.51. The van der Waals surface area contributed by atoms with E-state index in [1.54, 1.807) is 29.2 Å². The second kappa shape index (κ2) is 4.27. The van der Waals surface area contributed by atoms with Crippen LogP contribution in [0.1, 0.15) is 10.4 Å². The van der Waals surface area contributed by atoms with Crippen LogP contribution in [-0.2, 0) is 0 Å². The molecule has 1 aromatic heterocycles. The first-order valence-corrected chi connectivity index (χ1v) is 5.55. The molecule has 6 heteroatoms. The molecule has 0 fully saturated rings. The van der Waals surface area contributed by atoms with Gasteiger partial charge in [-0.1, -0.05) is 11.6 Å². The molecule has 1 heterocycles. The largest absolute Gasteiger partial charge is 0.366 e. The predicted octanol–water partition coefficient (Wildman–Crippen LogP) is 2.39. The quantitative estimate of drug-likeness (QED) is 0.925. The molecule has 1 amide bonds. The minimum absolute atomic E-state index is 0.375. The summed E-state index contributed by atoms with van der Waals surface area (Å²) in [4.78, 5) is 10.9. The Bertz CT molecular complexity index is 553. The van der Waals surface area contributed by atoms with Gasteiger partial charge in [0.2, 0.25) is 5.91 Å². The van der Waals surface area contributed by atoms with Gasteiger partial charge in [-0.2, -0.15) is 5.10 Å². The summed E-state index contributed by atoms with van der Waals surface area (Å²) in [6, 6.07) is 4.83. The number of primary amides is 1. The molecule has 0 saturated carbocycles. The summed E-state index contributed by atoms with van der Waals surface area (Å²) in [5.41, 5.74) is 6.21. The Morgan fingerprint density at radius 2 is 2.25 bits per heavy atom. The zero-order chi connectivity index (χ0) is 11.7. The number of hydrogen-bond donors (Lipinski definition) is 1. The lowest BCUT2D eigenvalue weighted by atomic mass is 10.2. The summed E-state index contributed by atoms with van der Waals surface area (Å²) in [7, 11) is 0. The molecular weight excluding hydrogens is 293 g/mol. The molecule has 0 saturated heterocycles. The number of nitrogens with zero attached hydrogens (tertiary/aromatic N) is 2. The molecular formula is C10H7BrClN3O. The van der Waals surface area contributed by atoms with Crippen LogP contribution in [0, 0.1) is 0 Å². The van der Waals surface area contributed by atoms with Gasteiger partial charge in [-0.15, -0.1) is 0 Å². The maximum atomic E-state index is 10.9. The van der Waals surface area contributed by atoms with Crippen molar-refractivity contribution < 1.29 is 4.79 Å². The fourth-order valence-corrected chi connectivity index (χ4v) is 1.83. The Hall–Kier alpha value is -1.33. The summed E-state index contributed by atoms with van der Waals surface area (Å²) >= 11 is 9.32. The molecule has 2 N–H and O–H groups in total. The Morgan fingerprint density at radius 3 is 2.75 bits per heavy atom. The smallest absolute Gasteiger partial charge is 0.248 e. The van der Waals surface area contributed by atoms with Gasteiger partial charge in [0.1, 0.15) is 0 Å². The van der Waals surface area contributed by atoms with E-state index in [-0.39, 0.29) is 0 Å². The third kappa shape index (κ3) is 2.10. The first-order valence-electron chi connectivity index (χ1n) is 4.38. The number of carbonyl (C=O) groups excluding carboxylic acids is 1. The van der Waals surface area contributed by atoms with Gasteiger partial charge in [-0.25, -0.2) is 4.68 Å². The SMILES string of the molecule is NC(=O)c1ccc(-n2cc(Br)cn2)c(Cl)c1. The van der Waals surface area contributed by atoms with Gasteiger partial charge in [0.25, 0.3) is 0 Å². The molecule has 16 heavy (non-hydrogen) atoms. The molecule has 0 radical (unpaired) electrons. The third-order valence-electron chi connectivity index (χ3n) is 2.03. The second-order valence-corrected chi connectivity index (χ2v) is 4.46. The molecule has 0 atom stereocenters. The molecule has 0 aliphatic carbocycles. The lowest BCUT2D eigenvalue weighted by Gasteiger charge is -2.05. The van der Waals surface area contributed by atoms with E-state index in [1.165, 1.54) is 6.07 Å². The molecule has 2 rings (SSSR count).